The Balaban J connectivity index is 3.44. The molecule has 2 nitrogen and oxygen atoms in total. The van der Waals surface area contributed by atoms with Crippen LogP contribution < -0.4 is 0 Å². The number of nitrogens with zero attached hydrogens (tertiary/aromatic N) is 1. The third-order valence-electron chi connectivity index (χ3n) is 5.44. The zero-order valence-electron chi connectivity index (χ0n) is 12.4. The number of ether oxygens (including phenoxy) is 1. The molecule has 0 atom stereocenters. The molecule has 0 unspecified atom stereocenters. The highest BCUT2D eigenvalue weighted by atomic mass is 16.5. The van der Waals surface area contributed by atoms with E-state index >= 15 is 0 Å². The van der Waals surface area contributed by atoms with E-state index in [1.54, 1.807) is 0 Å². The van der Waals surface area contributed by atoms with Gasteiger partial charge in [0.25, 0.3) is 0 Å². The molecule has 94 valence electrons. The van der Waals surface area contributed by atoms with E-state index in [2.05, 4.69) is 55.4 Å². The van der Waals surface area contributed by atoms with Crippen molar-refractivity contribution < 1.29 is 4.74 Å². The molecule has 0 fully saturated rings. The molecule has 0 bridgehead atoms. The van der Waals surface area contributed by atoms with E-state index in [-0.39, 0.29) is 22.0 Å². The first kappa shape index (κ1) is 13.5. The molecule has 2 heteroatoms. The maximum atomic E-state index is 6.04. The van der Waals surface area contributed by atoms with Crippen LogP contribution in [0.3, 0.4) is 0 Å². The minimum atomic E-state index is -0.210. The summed E-state index contributed by atoms with van der Waals surface area (Å²) in [6.45, 7) is 19.8. The molecule has 0 spiro atoms. The van der Waals surface area contributed by atoms with Crippen LogP contribution in [0.1, 0.15) is 62.3 Å². The van der Waals surface area contributed by atoms with Crippen LogP contribution in [0.5, 0.6) is 0 Å². The zero-order valence-corrected chi connectivity index (χ0v) is 12.4. The summed E-state index contributed by atoms with van der Waals surface area (Å²) in [5, 5.41) is 0. The third-order valence-corrected chi connectivity index (χ3v) is 5.44. The minimum absolute atomic E-state index is 0.0325. The van der Waals surface area contributed by atoms with E-state index in [4.69, 9.17) is 9.73 Å². The van der Waals surface area contributed by atoms with Gasteiger partial charge in [0.1, 0.15) is 5.60 Å². The van der Waals surface area contributed by atoms with Gasteiger partial charge in [0.15, 0.2) is 5.90 Å². The normalized spacial score (nSPS) is 29.9. The number of hydrogen-bond donors (Lipinski definition) is 0. The second-order valence-corrected chi connectivity index (χ2v) is 7.05. The van der Waals surface area contributed by atoms with Gasteiger partial charge in [-0.15, -0.1) is 0 Å². The Morgan fingerprint density at radius 2 is 1.25 bits per heavy atom. The average Bonchev–Trinajstić information content (AvgIpc) is 2.01. The van der Waals surface area contributed by atoms with Crippen molar-refractivity contribution in [1.29, 1.82) is 0 Å². The maximum Gasteiger partial charge on any atom is 0.181 e. The van der Waals surface area contributed by atoms with Crippen molar-refractivity contribution in [3.8, 4) is 0 Å². The first-order valence-corrected chi connectivity index (χ1v) is 6.11. The molecule has 0 amide bonds. The molecule has 16 heavy (non-hydrogen) atoms. The summed E-state index contributed by atoms with van der Waals surface area (Å²) >= 11 is 0. The summed E-state index contributed by atoms with van der Waals surface area (Å²) in [5.74, 6) is 0.800. The predicted molar refractivity (Wildman–Crippen MR) is 69.9 cm³/mol. The summed E-state index contributed by atoms with van der Waals surface area (Å²) in [5.41, 5.74) is -0.238. The molecular weight excluding hydrogens is 198 g/mol. The molecule has 1 heterocycles. The van der Waals surface area contributed by atoms with Crippen LogP contribution in [-0.2, 0) is 4.74 Å². The van der Waals surface area contributed by atoms with Gasteiger partial charge in [-0.1, -0.05) is 27.7 Å². The van der Waals surface area contributed by atoms with Crippen molar-refractivity contribution in [3.05, 3.63) is 0 Å². The van der Waals surface area contributed by atoms with Gasteiger partial charge in [0.2, 0.25) is 0 Å². The zero-order chi connectivity index (χ0) is 13.0. The van der Waals surface area contributed by atoms with Gasteiger partial charge in [-0.05, 0) is 33.1 Å². The van der Waals surface area contributed by atoms with Gasteiger partial charge < -0.3 is 4.74 Å². The highest BCUT2D eigenvalue weighted by Gasteiger charge is 2.57. The van der Waals surface area contributed by atoms with Gasteiger partial charge in [0.05, 0.1) is 5.54 Å². The molecule has 0 saturated carbocycles. The standard InChI is InChI=1S/C14H27NO/c1-10-15-13(6,7)11(2,3)12(4,5)14(8,9)16-10/h1-9H3. The van der Waals surface area contributed by atoms with Crippen LogP contribution in [0.4, 0.5) is 0 Å². The van der Waals surface area contributed by atoms with Crippen molar-refractivity contribution in [2.24, 2.45) is 15.8 Å². The predicted octanol–water partition coefficient (Wildman–Crippen LogP) is 4.04. The van der Waals surface area contributed by atoms with Gasteiger partial charge in [-0.3, -0.25) is 0 Å². The van der Waals surface area contributed by atoms with Crippen LogP contribution in [0.2, 0.25) is 0 Å². The summed E-state index contributed by atoms with van der Waals surface area (Å²) in [6.07, 6.45) is 0. The van der Waals surface area contributed by atoms with Gasteiger partial charge >= 0.3 is 0 Å². The molecule has 1 rings (SSSR count). The van der Waals surface area contributed by atoms with Crippen molar-refractivity contribution >= 4 is 5.90 Å². The summed E-state index contributed by atoms with van der Waals surface area (Å²) in [6, 6.07) is 0. The SMILES string of the molecule is CC1=NC(C)(C)C(C)(C)C(C)(C)C(C)(C)O1. The number of hydrogen-bond acceptors (Lipinski definition) is 2. The fourth-order valence-corrected chi connectivity index (χ4v) is 2.57. The quantitative estimate of drug-likeness (QED) is 0.609. The monoisotopic (exact) mass is 225 g/mol. The Kier molecular flexibility index (Phi) is 2.74. The molecule has 0 saturated heterocycles. The fourth-order valence-electron chi connectivity index (χ4n) is 2.57. The second-order valence-electron chi connectivity index (χ2n) is 7.05. The van der Waals surface area contributed by atoms with E-state index in [9.17, 15) is 0 Å². The topological polar surface area (TPSA) is 21.6 Å². The first-order valence-electron chi connectivity index (χ1n) is 6.11. The first-order chi connectivity index (χ1) is 6.85. The van der Waals surface area contributed by atoms with Gasteiger partial charge in [0, 0.05) is 12.3 Å². The smallest absolute Gasteiger partial charge is 0.181 e. The molecule has 0 radical (unpaired) electrons. The molecule has 0 N–H and O–H groups in total. The van der Waals surface area contributed by atoms with E-state index in [0.29, 0.717) is 0 Å². The van der Waals surface area contributed by atoms with Crippen molar-refractivity contribution in [2.45, 2.75) is 73.5 Å². The van der Waals surface area contributed by atoms with Crippen LogP contribution in [0, 0.1) is 10.8 Å². The Bertz CT molecular complexity index is 322. The van der Waals surface area contributed by atoms with Crippen LogP contribution >= 0.6 is 0 Å². The largest absolute Gasteiger partial charge is 0.475 e. The molecule has 0 aromatic carbocycles. The lowest BCUT2D eigenvalue weighted by molar-refractivity contribution is -0.102. The van der Waals surface area contributed by atoms with Crippen molar-refractivity contribution in [2.75, 3.05) is 0 Å². The van der Waals surface area contributed by atoms with Crippen LogP contribution in [0.15, 0.2) is 4.99 Å². The Labute approximate surface area is 100 Å². The molecular formula is C14H27NO. The van der Waals surface area contributed by atoms with Crippen LogP contribution in [-0.4, -0.2) is 17.0 Å². The molecule has 0 aliphatic carbocycles. The van der Waals surface area contributed by atoms with E-state index in [0.717, 1.165) is 5.90 Å². The summed E-state index contributed by atoms with van der Waals surface area (Å²) in [4.78, 5) is 4.75. The highest BCUT2D eigenvalue weighted by Crippen LogP contribution is 2.56. The Hall–Kier alpha value is -0.530. The lowest BCUT2D eigenvalue weighted by Crippen LogP contribution is -2.56. The maximum absolute atomic E-state index is 6.04. The molecule has 0 aromatic rings. The second kappa shape index (κ2) is 3.24. The van der Waals surface area contributed by atoms with Crippen molar-refractivity contribution in [3.63, 3.8) is 0 Å². The van der Waals surface area contributed by atoms with Gasteiger partial charge in [-0.25, -0.2) is 4.99 Å². The Morgan fingerprint density at radius 3 is 1.69 bits per heavy atom. The minimum Gasteiger partial charge on any atom is -0.475 e. The summed E-state index contributed by atoms with van der Waals surface area (Å²) < 4.78 is 6.04. The average molecular weight is 225 g/mol. The fraction of sp³-hybridized carbons (Fsp3) is 0.929. The molecule has 0 aromatic heterocycles. The Morgan fingerprint density at radius 1 is 0.812 bits per heavy atom. The van der Waals surface area contributed by atoms with E-state index in [1.807, 2.05) is 6.92 Å². The van der Waals surface area contributed by atoms with Crippen molar-refractivity contribution in [1.82, 2.24) is 0 Å². The van der Waals surface area contributed by atoms with Gasteiger partial charge in [-0.2, -0.15) is 0 Å². The number of rotatable bonds is 0. The molecule has 1 aliphatic heterocycles. The lowest BCUT2D eigenvalue weighted by Gasteiger charge is -2.54. The third kappa shape index (κ3) is 1.57. The molecule has 1 aliphatic rings. The van der Waals surface area contributed by atoms with E-state index < -0.39 is 0 Å². The van der Waals surface area contributed by atoms with E-state index in [1.165, 1.54) is 0 Å². The van der Waals surface area contributed by atoms with Crippen LogP contribution in [0.25, 0.3) is 0 Å². The highest BCUT2D eigenvalue weighted by molar-refractivity contribution is 5.74. The number of aliphatic imine (C=N–C) groups is 1. The summed E-state index contributed by atoms with van der Waals surface area (Å²) in [7, 11) is 0. The lowest BCUT2D eigenvalue weighted by atomic mass is 9.53.